The number of hydrogen-bond acceptors (Lipinski definition) is 2. The molecule has 0 aliphatic rings. The van der Waals surface area contributed by atoms with Gasteiger partial charge in [-0.1, -0.05) is 75.0 Å². The van der Waals surface area contributed by atoms with E-state index in [1.54, 1.807) is 0 Å². The highest BCUT2D eigenvalue weighted by Gasteiger charge is 2.15. The average Bonchev–Trinajstić information content (AvgIpc) is 2.65. The second-order valence-corrected chi connectivity index (χ2v) is 8.97. The van der Waals surface area contributed by atoms with Crippen molar-refractivity contribution < 1.29 is 18.3 Å². The van der Waals surface area contributed by atoms with Gasteiger partial charge in [-0.3, -0.25) is 0 Å². The first-order chi connectivity index (χ1) is 13.0. The summed E-state index contributed by atoms with van der Waals surface area (Å²) in [6.45, 7) is 4.91. The van der Waals surface area contributed by atoms with Crippen LogP contribution in [0.5, 0.6) is 11.5 Å². The summed E-state index contributed by atoms with van der Waals surface area (Å²) in [5, 5.41) is 0. The van der Waals surface area contributed by atoms with E-state index in [9.17, 15) is 8.78 Å². The summed E-state index contributed by atoms with van der Waals surface area (Å²) < 4.78 is 38.5. The lowest BCUT2D eigenvalue weighted by Crippen LogP contribution is -2.05. The number of benzene rings is 1. The van der Waals surface area contributed by atoms with Gasteiger partial charge in [-0.15, -0.1) is 0 Å². The number of methoxy groups -OCH3 is 1. The molecule has 0 fully saturated rings. The second kappa shape index (κ2) is 14.4. The Kier molecular flexibility index (Phi) is 13.1. The molecule has 0 saturated heterocycles. The van der Waals surface area contributed by atoms with E-state index in [-0.39, 0.29) is 11.5 Å². The third kappa shape index (κ3) is 9.44. The van der Waals surface area contributed by atoms with Gasteiger partial charge in [0, 0.05) is 3.92 Å². The summed E-state index contributed by atoms with van der Waals surface area (Å²) in [7, 11) is 1.31. The van der Waals surface area contributed by atoms with E-state index >= 15 is 0 Å². The third-order valence-corrected chi connectivity index (χ3v) is 6.17. The smallest absolute Gasteiger partial charge is 0.204 e. The molecule has 27 heavy (non-hydrogen) atoms. The van der Waals surface area contributed by atoms with Crippen LogP contribution in [0.15, 0.2) is 12.1 Å². The molecule has 2 nitrogen and oxygen atoms in total. The normalized spacial score (nSPS) is 13.4. The van der Waals surface area contributed by atoms with Crippen LogP contribution in [0.25, 0.3) is 0 Å². The van der Waals surface area contributed by atoms with Crippen LogP contribution in [0.2, 0.25) is 0 Å². The Morgan fingerprint density at radius 3 is 2.15 bits per heavy atom. The summed E-state index contributed by atoms with van der Waals surface area (Å²) in [5.74, 6) is -1.33. The van der Waals surface area contributed by atoms with Crippen molar-refractivity contribution in [2.75, 3.05) is 13.7 Å². The van der Waals surface area contributed by atoms with E-state index in [1.807, 2.05) is 0 Å². The van der Waals surface area contributed by atoms with Crippen molar-refractivity contribution in [3.8, 4) is 11.5 Å². The predicted octanol–water partition coefficient (Wildman–Crippen LogP) is 7.71. The molecule has 0 aliphatic heterocycles. The Morgan fingerprint density at radius 1 is 0.852 bits per heavy atom. The van der Waals surface area contributed by atoms with Gasteiger partial charge in [-0.05, 0) is 43.7 Å². The van der Waals surface area contributed by atoms with Crippen LogP contribution in [0.1, 0.15) is 78.1 Å². The third-order valence-electron chi connectivity index (χ3n) is 4.92. The molecule has 0 radical (unpaired) electrons. The van der Waals surface area contributed by atoms with Crippen molar-refractivity contribution in [1.29, 1.82) is 0 Å². The topological polar surface area (TPSA) is 18.5 Å². The highest BCUT2D eigenvalue weighted by Crippen LogP contribution is 2.28. The molecule has 0 heterocycles. The molecule has 2 atom stereocenters. The minimum atomic E-state index is -0.991. The van der Waals surface area contributed by atoms with Crippen LogP contribution in [-0.2, 0) is 0 Å². The molecule has 1 rings (SSSR count). The Bertz CT molecular complexity index is 525. The zero-order valence-corrected chi connectivity index (χ0v) is 19.2. The van der Waals surface area contributed by atoms with Crippen LogP contribution < -0.4 is 9.47 Å². The van der Waals surface area contributed by atoms with Gasteiger partial charge in [0.05, 0.1) is 13.7 Å². The summed E-state index contributed by atoms with van der Waals surface area (Å²) in [5.41, 5.74) is 0. The first kappa shape index (κ1) is 24.4. The quantitative estimate of drug-likeness (QED) is 0.141. The van der Waals surface area contributed by atoms with Gasteiger partial charge in [0.2, 0.25) is 11.6 Å². The Morgan fingerprint density at radius 2 is 1.48 bits per heavy atom. The lowest BCUT2D eigenvalue weighted by atomic mass is 9.91. The number of ether oxygens (including phenoxy) is 2. The largest absolute Gasteiger partial charge is 0.494 e. The molecule has 156 valence electrons. The van der Waals surface area contributed by atoms with Crippen molar-refractivity contribution in [1.82, 2.24) is 0 Å². The molecule has 0 aromatic heterocycles. The first-order valence-corrected chi connectivity index (χ1v) is 11.6. The number of unbranched alkanes of at least 4 members (excludes halogenated alkanes) is 1. The highest BCUT2D eigenvalue weighted by molar-refractivity contribution is 14.1. The maximum Gasteiger partial charge on any atom is 0.204 e. The molecule has 1 aromatic rings. The summed E-state index contributed by atoms with van der Waals surface area (Å²) >= 11 is 2.58. The van der Waals surface area contributed by atoms with E-state index < -0.39 is 11.6 Å². The van der Waals surface area contributed by atoms with Crippen LogP contribution in [0.3, 0.4) is 0 Å². The SMILES string of the molecule is CCCC(I)CCCC(CCC)CCCCOc1ccc(OC)c(F)c1F. The molecular weight excluding hydrogens is 461 g/mol. The van der Waals surface area contributed by atoms with Gasteiger partial charge in [0.25, 0.3) is 0 Å². The highest BCUT2D eigenvalue weighted by atomic mass is 127. The van der Waals surface area contributed by atoms with E-state index in [2.05, 4.69) is 36.4 Å². The fourth-order valence-electron chi connectivity index (χ4n) is 3.43. The monoisotopic (exact) mass is 496 g/mol. The van der Waals surface area contributed by atoms with Gasteiger partial charge in [0.15, 0.2) is 11.5 Å². The standard InChI is InChI=1S/C22H35F2IO2/c1-4-9-17(12-8-13-18(25)10-5-2)11-6-7-16-27-20-15-14-19(26-3)21(23)22(20)24/h14-15,17-18H,4-13,16H2,1-3H3. The maximum absolute atomic E-state index is 13.9. The zero-order valence-electron chi connectivity index (χ0n) is 17.0. The average molecular weight is 496 g/mol. The summed E-state index contributed by atoms with van der Waals surface area (Å²) in [6.07, 6.45) is 12.1. The molecule has 0 bridgehead atoms. The van der Waals surface area contributed by atoms with Crippen molar-refractivity contribution in [2.24, 2.45) is 5.92 Å². The zero-order chi connectivity index (χ0) is 20.1. The van der Waals surface area contributed by atoms with Crippen molar-refractivity contribution in [3.05, 3.63) is 23.8 Å². The fourth-order valence-corrected chi connectivity index (χ4v) is 4.49. The van der Waals surface area contributed by atoms with E-state index in [0.29, 0.717) is 6.61 Å². The Hall–Kier alpha value is -0.590. The maximum atomic E-state index is 13.9. The van der Waals surface area contributed by atoms with Crippen LogP contribution in [0.4, 0.5) is 8.78 Å². The molecule has 2 unspecified atom stereocenters. The number of rotatable bonds is 15. The lowest BCUT2D eigenvalue weighted by Gasteiger charge is -2.17. The molecule has 0 spiro atoms. The van der Waals surface area contributed by atoms with E-state index in [1.165, 1.54) is 70.6 Å². The van der Waals surface area contributed by atoms with Crippen LogP contribution >= 0.6 is 22.6 Å². The minimum absolute atomic E-state index is 0.0394. The van der Waals surface area contributed by atoms with E-state index in [0.717, 1.165) is 22.7 Å². The van der Waals surface area contributed by atoms with Crippen molar-refractivity contribution in [3.63, 3.8) is 0 Å². The van der Waals surface area contributed by atoms with Gasteiger partial charge in [0.1, 0.15) is 0 Å². The van der Waals surface area contributed by atoms with Crippen molar-refractivity contribution >= 4 is 22.6 Å². The lowest BCUT2D eigenvalue weighted by molar-refractivity contribution is 0.273. The molecular formula is C22H35F2IO2. The van der Waals surface area contributed by atoms with E-state index in [4.69, 9.17) is 9.47 Å². The Balaban J connectivity index is 2.28. The molecule has 1 aromatic carbocycles. The second-order valence-electron chi connectivity index (χ2n) is 7.21. The summed E-state index contributed by atoms with van der Waals surface area (Å²) in [4.78, 5) is 0. The molecule has 0 saturated carbocycles. The van der Waals surface area contributed by atoms with Gasteiger partial charge < -0.3 is 9.47 Å². The predicted molar refractivity (Wildman–Crippen MR) is 117 cm³/mol. The van der Waals surface area contributed by atoms with Crippen LogP contribution in [-0.4, -0.2) is 17.6 Å². The molecule has 0 N–H and O–H groups in total. The summed E-state index contributed by atoms with van der Waals surface area (Å²) in [6, 6.07) is 2.82. The van der Waals surface area contributed by atoms with Gasteiger partial charge in [-0.25, -0.2) is 0 Å². The van der Waals surface area contributed by atoms with Crippen molar-refractivity contribution in [2.45, 2.75) is 82.0 Å². The molecule has 0 aliphatic carbocycles. The van der Waals surface area contributed by atoms with Crippen LogP contribution in [0, 0.1) is 17.6 Å². The van der Waals surface area contributed by atoms with Gasteiger partial charge in [-0.2, -0.15) is 8.78 Å². The minimum Gasteiger partial charge on any atom is -0.494 e. The number of hydrogen-bond donors (Lipinski definition) is 0. The Labute approximate surface area is 177 Å². The van der Waals surface area contributed by atoms with Gasteiger partial charge >= 0.3 is 0 Å². The number of halogens is 3. The number of alkyl halides is 1. The first-order valence-electron chi connectivity index (χ1n) is 10.3. The molecule has 5 heteroatoms. The fraction of sp³-hybridized carbons (Fsp3) is 0.727. The molecule has 0 amide bonds.